The minimum absolute atomic E-state index is 0. The zero-order valence-corrected chi connectivity index (χ0v) is 15.4. The van der Waals surface area contributed by atoms with Gasteiger partial charge in [-0.1, -0.05) is 12.1 Å². The first kappa shape index (κ1) is 18.7. The van der Waals surface area contributed by atoms with Crippen LogP contribution < -0.4 is 5.32 Å². The number of carbonyl (C=O) groups is 1. The van der Waals surface area contributed by atoms with Crippen molar-refractivity contribution in [3.8, 4) is 0 Å². The molecule has 2 rings (SSSR count). The summed E-state index contributed by atoms with van der Waals surface area (Å²) in [5.74, 6) is -0.230. The Labute approximate surface area is 146 Å². The van der Waals surface area contributed by atoms with E-state index in [0.717, 1.165) is 29.7 Å². The van der Waals surface area contributed by atoms with E-state index in [4.69, 9.17) is 4.74 Å². The number of hydrogen-bond donors (Lipinski definition) is 1. The number of nitrogens with zero attached hydrogens (tertiary/aromatic N) is 1. The monoisotopic (exact) mass is 424 g/mol. The maximum absolute atomic E-state index is 11.9. The van der Waals surface area contributed by atoms with E-state index in [9.17, 15) is 4.79 Å². The maximum atomic E-state index is 11.9. The largest absolute Gasteiger partial charge is 0.462 e. The van der Waals surface area contributed by atoms with E-state index in [0.29, 0.717) is 18.2 Å². The summed E-state index contributed by atoms with van der Waals surface area (Å²) in [6.45, 7) is 8.45. The lowest BCUT2D eigenvalue weighted by Crippen LogP contribution is -2.49. The van der Waals surface area contributed by atoms with Crippen molar-refractivity contribution in [1.82, 2.24) is 10.2 Å². The van der Waals surface area contributed by atoms with Gasteiger partial charge in [-0.25, -0.2) is 4.79 Å². The first-order valence-electron chi connectivity index (χ1n) is 7.02. The Morgan fingerprint density at radius 3 is 2.95 bits per heavy atom. The van der Waals surface area contributed by atoms with Crippen LogP contribution in [0.15, 0.2) is 18.2 Å². The third kappa shape index (κ3) is 4.81. The molecular formula is C15H22ClIN2O2. The summed E-state index contributed by atoms with van der Waals surface area (Å²) < 4.78 is 6.12. The van der Waals surface area contributed by atoms with Crippen LogP contribution in [0.25, 0.3) is 0 Å². The van der Waals surface area contributed by atoms with Crippen LogP contribution in [0.4, 0.5) is 0 Å². The molecule has 1 atom stereocenters. The van der Waals surface area contributed by atoms with E-state index < -0.39 is 0 Å². The van der Waals surface area contributed by atoms with Gasteiger partial charge in [0.1, 0.15) is 0 Å². The molecule has 118 valence electrons. The Kier molecular flexibility index (Phi) is 7.94. The molecule has 0 bridgehead atoms. The Hall–Kier alpha value is -0.370. The highest BCUT2D eigenvalue weighted by Gasteiger charge is 2.20. The molecule has 4 nitrogen and oxygen atoms in total. The highest BCUT2D eigenvalue weighted by Crippen LogP contribution is 2.21. The van der Waals surface area contributed by atoms with Gasteiger partial charge in [0.05, 0.1) is 12.2 Å². The van der Waals surface area contributed by atoms with Crippen LogP contribution in [0.1, 0.15) is 29.8 Å². The smallest absolute Gasteiger partial charge is 0.339 e. The van der Waals surface area contributed by atoms with Crippen molar-refractivity contribution >= 4 is 41.0 Å². The van der Waals surface area contributed by atoms with Gasteiger partial charge < -0.3 is 10.1 Å². The van der Waals surface area contributed by atoms with E-state index in [1.165, 1.54) is 5.56 Å². The second kappa shape index (κ2) is 8.92. The normalized spacial score (nSPS) is 18.9. The third-order valence-electron chi connectivity index (χ3n) is 3.59. The lowest BCUT2D eigenvalue weighted by Gasteiger charge is -2.34. The van der Waals surface area contributed by atoms with E-state index in [1.54, 1.807) is 0 Å². The topological polar surface area (TPSA) is 41.6 Å². The predicted molar refractivity (Wildman–Crippen MR) is 95.1 cm³/mol. The number of ether oxygens (including phenoxy) is 1. The quantitative estimate of drug-likeness (QED) is 0.596. The standard InChI is InChI=1S/C15H21IN2O2.ClH/c1-3-20-15(19)13-6-4-5-12(14(13)16)10-18-8-7-17-9-11(18)2;/h4-6,11,17H,3,7-10H2,1-2H3;1H/t11-;/m1./s1. The van der Waals surface area contributed by atoms with Gasteiger partial charge in [-0.05, 0) is 48.1 Å². The molecule has 1 aromatic carbocycles. The number of nitrogens with one attached hydrogen (secondary N) is 1. The molecule has 0 radical (unpaired) electrons. The molecule has 1 aliphatic rings. The first-order chi connectivity index (χ1) is 9.63. The molecule has 1 N–H and O–H groups in total. The van der Waals surface area contributed by atoms with Gasteiger partial charge >= 0.3 is 5.97 Å². The van der Waals surface area contributed by atoms with Gasteiger partial charge in [0.2, 0.25) is 0 Å². The molecule has 0 spiro atoms. The number of piperazine rings is 1. The summed E-state index contributed by atoms with van der Waals surface area (Å²) in [6, 6.07) is 6.39. The van der Waals surface area contributed by atoms with Gasteiger partial charge in [-0.15, -0.1) is 12.4 Å². The fraction of sp³-hybridized carbons (Fsp3) is 0.533. The van der Waals surface area contributed by atoms with Crippen LogP contribution in [-0.4, -0.2) is 43.2 Å². The van der Waals surface area contributed by atoms with Gasteiger partial charge in [-0.3, -0.25) is 4.90 Å². The van der Waals surface area contributed by atoms with Crippen molar-refractivity contribution in [3.05, 3.63) is 32.9 Å². The van der Waals surface area contributed by atoms with Gasteiger partial charge in [0.25, 0.3) is 0 Å². The van der Waals surface area contributed by atoms with Gasteiger partial charge in [0, 0.05) is 35.8 Å². The number of rotatable bonds is 4. The van der Waals surface area contributed by atoms with Crippen molar-refractivity contribution in [2.75, 3.05) is 26.2 Å². The highest BCUT2D eigenvalue weighted by molar-refractivity contribution is 14.1. The van der Waals surface area contributed by atoms with Gasteiger partial charge in [-0.2, -0.15) is 0 Å². The van der Waals surface area contributed by atoms with E-state index in [1.807, 2.05) is 19.1 Å². The Morgan fingerprint density at radius 1 is 1.52 bits per heavy atom. The Bertz CT molecular complexity index is 485. The number of carbonyl (C=O) groups excluding carboxylic acids is 1. The van der Waals surface area contributed by atoms with Crippen LogP contribution in [0, 0.1) is 3.57 Å². The van der Waals surface area contributed by atoms with Crippen LogP contribution in [0.5, 0.6) is 0 Å². The maximum Gasteiger partial charge on any atom is 0.339 e. The van der Waals surface area contributed by atoms with Crippen molar-refractivity contribution in [1.29, 1.82) is 0 Å². The SMILES string of the molecule is CCOC(=O)c1cccc(CN2CCNC[C@H]2C)c1I.Cl. The summed E-state index contributed by atoms with van der Waals surface area (Å²) in [5, 5.41) is 3.39. The molecule has 6 heteroatoms. The molecule has 1 aromatic rings. The molecule has 0 aromatic heterocycles. The summed E-state index contributed by atoms with van der Waals surface area (Å²) in [4.78, 5) is 14.4. The lowest BCUT2D eigenvalue weighted by molar-refractivity contribution is 0.0524. The van der Waals surface area contributed by atoms with E-state index in [-0.39, 0.29) is 18.4 Å². The van der Waals surface area contributed by atoms with Crippen molar-refractivity contribution < 1.29 is 9.53 Å². The Morgan fingerprint density at radius 2 is 2.29 bits per heavy atom. The average Bonchev–Trinajstić information content (AvgIpc) is 2.43. The number of benzene rings is 1. The molecule has 1 aliphatic heterocycles. The van der Waals surface area contributed by atoms with Crippen LogP contribution >= 0.6 is 35.0 Å². The number of esters is 1. The predicted octanol–water partition coefficient (Wildman–Crippen LogP) is 2.68. The molecule has 0 aliphatic carbocycles. The minimum atomic E-state index is -0.230. The second-order valence-corrected chi connectivity index (χ2v) is 6.10. The zero-order chi connectivity index (χ0) is 14.5. The third-order valence-corrected chi connectivity index (χ3v) is 4.86. The summed E-state index contributed by atoms with van der Waals surface area (Å²) in [6.07, 6.45) is 0. The molecular weight excluding hydrogens is 403 g/mol. The highest BCUT2D eigenvalue weighted by atomic mass is 127. The van der Waals surface area contributed by atoms with Crippen molar-refractivity contribution in [2.24, 2.45) is 0 Å². The first-order valence-corrected chi connectivity index (χ1v) is 8.10. The average molecular weight is 425 g/mol. The number of halogens is 2. The van der Waals surface area contributed by atoms with Crippen LogP contribution in [-0.2, 0) is 11.3 Å². The van der Waals surface area contributed by atoms with Crippen molar-refractivity contribution in [3.63, 3.8) is 0 Å². The second-order valence-electron chi connectivity index (χ2n) is 5.02. The van der Waals surface area contributed by atoms with Crippen LogP contribution in [0.2, 0.25) is 0 Å². The molecule has 0 amide bonds. The van der Waals surface area contributed by atoms with Crippen LogP contribution in [0.3, 0.4) is 0 Å². The Balaban J connectivity index is 0.00000220. The molecule has 1 saturated heterocycles. The van der Waals surface area contributed by atoms with E-state index in [2.05, 4.69) is 45.8 Å². The lowest BCUT2D eigenvalue weighted by atomic mass is 10.1. The molecule has 1 fully saturated rings. The molecule has 0 unspecified atom stereocenters. The summed E-state index contributed by atoms with van der Waals surface area (Å²) in [5.41, 5.74) is 1.87. The molecule has 0 saturated carbocycles. The van der Waals surface area contributed by atoms with Gasteiger partial charge in [0.15, 0.2) is 0 Å². The van der Waals surface area contributed by atoms with Crippen molar-refractivity contribution in [2.45, 2.75) is 26.4 Å². The summed E-state index contributed by atoms with van der Waals surface area (Å²) in [7, 11) is 0. The minimum Gasteiger partial charge on any atom is -0.462 e. The number of hydrogen-bond acceptors (Lipinski definition) is 4. The zero-order valence-electron chi connectivity index (χ0n) is 12.4. The molecule has 1 heterocycles. The van der Waals surface area contributed by atoms with E-state index >= 15 is 0 Å². The fourth-order valence-corrected chi connectivity index (χ4v) is 3.16. The fourth-order valence-electron chi connectivity index (χ4n) is 2.41. The summed E-state index contributed by atoms with van der Waals surface area (Å²) >= 11 is 2.26. The molecule has 21 heavy (non-hydrogen) atoms.